The van der Waals surface area contributed by atoms with Crippen LogP contribution in [0.15, 0.2) is 29.2 Å². The summed E-state index contributed by atoms with van der Waals surface area (Å²) in [4.78, 5) is 25.3. The van der Waals surface area contributed by atoms with Crippen LogP contribution >= 0.6 is 0 Å². The molecule has 166 valence electrons. The Labute approximate surface area is 182 Å². The van der Waals surface area contributed by atoms with Gasteiger partial charge in [0.1, 0.15) is 0 Å². The number of nitro groups is 1. The Morgan fingerprint density at radius 1 is 0.903 bits per heavy atom. The van der Waals surface area contributed by atoms with E-state index in [9.17, 15) is 23.3 Å². The largest absolute Gasteiger partial charge is 0.336 e. The van der Waals surface area contributed by atoms with Crippen molar-refractivity contribution in [3.63, 3.8) is 0 Å². The Morgan fingerprint density at radius 3 is 1.94 bits per heavy atom. The number of aryl methyl sites for hydroxylation is 3. The molecule has 1 fully saturated rings. The fourth-order valence-corrected chi connectivity index (χ4v) is 6.00. The molecule has 1 aliphatic heterocycles. The predicted octanol–water partition coefficient (Wildman–Crippen LogP) is 3.28. The minimum absolute atomic E-state index is 0.0355. The van der Waals surface area contributed by atoms with Crippen LogP contribution in [-0.2, 0) is 10.0 Å². The van der Waals surface area contributed by atoms with E-state index in [2.05, 4.69) is 0 Å². The highest BCUT2D eigenvalue weighted by Crippen LogP contribution is 2.29. The number of sulfonamides is 1. The number of nitro benzene ring substituents is 1. The quantitative estimate of drug-likeness (QED) is 0.531. The van der Waals surface area contributed by atoms with Crippen LogP contribution < -0.4 is 0 Å². The summed E-state index contributed by atoms with van der Waals surface area (Å²) < 4.78 is 28.2. The van der Waals surface area contributed by atoms with E-state index in [1.165, 1.54) is 22.5 Å². The lowest BCUT2D eigenvalue weighted by atomic mass is 10.0. The van der Waals surface area contributed by atoms with Gasteiger partial charge in [-0.1, -0.05) is 6.07 Å². The standard InChI is InChI=1S/C22H27N3O5S/c1-14-12-15(2)18(5)21(17(14)4)31(29,30)24-10-8-23(9-11-24)22(26)19-6-7-20(25(27)28)16(3)13-19/h6-7,12-13H,8-11H2,1-5H3. The number of piperazine rings is 1. The first-order valence-electron chi connectivity index (χ1n) is 10.1. The minimum atomic E-state index is -3.68. The van der Waals surface area contributed by atoms with E-state index in [0.717, 1.165) is 22.3 Å². The van der Waals surface area contributed by atoms with E-state index >= 15 is 0 Å². The first-order valence-corrected chi connectivity index (χ1v) is 11.5. The van der Waals surface area contributed by atoms with Crippen molar-refractivity contribution >= 4 is 21.6 Å². The maximum absolute atomic E-state index is 13.4. The van der Waals surface area contributed by atoms with Gasteiger partial charge in [-0.05, 0) is 69.0 Å². The van der Waals surface area contributed by atoms with Crippen LogP contribution in [0.1, 0.15) is 38.2 Å². The van der Waals surface area contributed by atoms with Crippen molar-refractivity contribution in [2.45, 2.75) is 39.5 Å². The SMILES string of the molecule is Cc1cc(C(=O)N2CCN(S(=O)(=O)c3c(C)c(C)cc(C)c3C)CC2)ccc1[N+](=O)[O-]. The predicted molar refractivity (Wildman–Crippen MR) is 118 cm³/mol. The molecule has 9 heteroatoms. The van der Waals surface area contributed by atoms with Crippen LogP contribution in [0.5, 0.6) is 0 Å². The summed E-state index contributed by atoms with van der Waals surface area (Å²) in [5, 5.41) is 11.0. The molecule has 8 nitrogen and oxygen atoms in total. The molecule has 1 saturated heterocycles. The number of rotatable bonds is 4. The number of hydrogen-bond acceptors (Lipinski definition) is 5. The van der Waals surface area contributed by atoms with Crippen molar-refractivity contribution in [2.24, 2.45) is 0 Å². The van der Waals surface area contributed by atoms with Crippen molar-refractivity contribution in [3.8, 4) is 0 Å². The maximum Gasteiger partial charge on any atom is 0.272 e. The zero-order chi connectivity index (χ0) is 23.1. The van der Waals surface area contributed by atoms with Gasteiger partial charge in [-0.15, -0.1) is 0 Å². The number of amides is 1. The molecule has 1 aliphatic rings. The van der Waals surface area contributed by atoms with Crippen molar-refractivity contribution in [1.82, 2.24) is 9.21 Å². The van der Waals surface area contributed by atoms with Crippen molar-refractivity contribution in [1.29, 1.82) is 0 Å². The highest BCUT2D eigenvalue weighted by Gasteiger charge is 2.33. The van der Waals surface area contributed by atoms with Gasteiger partial charge in [0.05, 0.1) is 9.82 Å². The number of carbonyl (C=O) groups is 1. The van der Waals surface area contributed by atoms with E-state index in [0.29, 0.717) is 16.0 Å². The number of hydrogen-bond donors (Lipinski definition) is 0. The average Bonchev–Trinajstić information content (AvgIpc) is 2.71. The third-order valence-corrected chi connectivity index (χ3v) is 8.23. The van der Waals surface area contributed by atoms with E-state index in [1.54, 1.807) is 11.8 Å². The zero-order valence-corrected chi connectivity index (χ0v) is 19.2. The van der Waals surface area contributed by atoms with Crippen molar-refractivity contribution < 1.29 is 18.1 Å². The molecule has 0 N–H and O–H groups in total. The number of carbonyl (C=O) groups excluding carboxylic acids is 1. The summed E-state index contributed by atoms with van der Waals surface area (Å²) in [5.74, 6) is -0.256. The van der Waals surface area contributed by atoms with Crippen molar-refractivity contribution in [2.75, 3.05) is 26.2 Å². The molecule has 2 aromatic carbocycles. The Hall–Kier alpha value is -2.78. The van der Waals surface area contributed by atoms with Gasteiger partial charge >= 0.3 is 0 Å². The fraction of sp³-hybridized carbons (Fsp3) is 0.409. The van der Waals surface area contributed by atoms with Crippen LogP contribution in [0.25, 0.3) is 0 Å². The highest BCUT2D eigenvalue weighted by atomic mass is 32.2. The number of benzene rings is 2. The monoisotopic (exact) mass is 445 g/mol. The van der Waals surface area contributed by atoms with E-state index in [-0.39, 0.29) is 37.8 Å². The van der Waals surface area contributed by atoms with Gasteiger partial charge in [0, 0.05) is 43.4 Å². The van der Waals surface area contributed by atoms with Gasteiger partial charge in [0.2, 0.25) is 10.0 Å². The topological polar surface area (TPSA) is 101 Å². The van der Waals surface area contributed by atoms with E-state index < -0.39 is 14.9 Å². The van der Waals surface area contributed by atoms with Crippen LogP contribution in [0.3, 0.4) is 0 Å². The van der Waals surface area contributed by atoms with Gasteiger partial charge in [0.25, 0.3) is 11.6 Å². The molecule has 0 unspecified atom stereocenters. The van der Waals surface area contributed by atoms with Crippen LogP contribution in [0.2, 0.25) is 0 Å². The average molecular weight is 446 g/mol. The van der Waals surface area contributed by atoms with Crippen LogP contribution in [-0.4, -0.2) is 54.6 Å². The minimum Gasteiger partial charge on any atom is -0.336 e. The molecular formula is C22H27N3O5S. The lowest BCUT2D eigenvalue weighted by Crippen LogP contribution is -2.50. The fourth-order valence-electron chi connectivity index (χ4n) is 4.00. The lowest BCUT2D eigenvalue weighted by Gasteiger charge is -2.35. The highest BCUT2D eigenvalue weighted by molar-refractivity contribution is 7.89. The Kier molecular flexibility index (Phi) is 6.20. The molecule has 0 radical (unpaired) electrons. The third-order valence-electron chi connectivity index (χ3n) is 6.06. The molecule has 0 aliphatic carbocycles. The van der Waals surface area contributed by atoms with Gasteiger partial charge in [-0.25, -0.2) is 8.42 Å². The molecule has 0 spiro atoms. The van der Waals surface area contributed by atoms with E-state index in [1.807, 2.05) is 33.8 Å². The molecule has 0 atom stereocenters. The smallest absolute Gasteiger partial charge is 0.272 e. The Balaban J connectivity index is 1.79. The normalized spacial score (nSPS) is 15.2. The second-order valence-corrected chi connectivity index (χ2v) is 9.92. The third kappa shape index (κ3) is 4.20. The summed E-state index contributed by atoms with van der Waals surface area (Å²) >= 11 is 0. The molecular weight excluding hydrogens is 418 g/mol. The Morgan fingerprint density at radius 2 is 1.45 bits per heavy atom. The Bertz CT molecular complexity index is 1140. The first kappa shape index (κ1) is 22.9. The molecule has 1 heterocycles. The second-order valence-electron chi connectivity index (χ2n) is 8.04. The van der Waals surface area contributed by atoms with E-state index in [4.69, 9.17) is 0 Å². The van der Waals surface area contributed by atoms with Crippen LogP contribution in [0.4, 0.5) is 5.69 Å². The van der Waals surface area contributed by atoms with Gasteiger partial charge in [-0.3, -0.25) is 14.9 Å². The van der Waals surface area contributed by atoms with Gasteiger partial charge < -0.3 is 4.90 Å². The lowest BCUT2D eigenvalue weighted by molar-refractivity contribution is -0.385. The summed E-state index contributed by atoms with van der Waals surface area (Å²) in [5.41, 5.74) is 4.11. The first-order chi connectivity index (χ1) is 14.4. The number of nitrogens with zero attached hydrogens (tertiary/aromatic N) is 3. The molecule has 2 aromatic rings. The second kappa shape index (κ2) is 8.39. The summed E-state index contributed by atoms with van der Waals surface area (Å²) in [6.45, 7) is 9.98. The summed E-state index contributed by atoms with van der Waals surface area (Å²) in [7, 11) is -3.68. The van der Waals surface area contributed by atoms with Gasteiger partial charge in [0.15, 0.2) is 0 Å². The molecule has 0 bridgehead atoms. The van der Waals surface area contributed by atoms with Crippen LogP contribution in [0, 0.1) is 44.7 Å². The molecule has 0 saturated carbocycles. The summed E-state index contributed by atoms with van der Waals surface area (Å²) in [6, 6.07) is 6.27. The maximum atomic E-state index is 13.4. The zero-order valence-electron chi connectivity index (χ0n) is 18.4. The summed E-state index contributed by atoms with van der Waals surface area (Å²) in [6.07, 6.45) is 0. The van der Waals surface area contributed by atoms with Crippen molar-refractivity contribution in [3.05, 3.63) is 67.8 Å². The molecule has 3 rings (SSSR count). The molecule has 0 aromatic heterocycles. The van der Waals surface area contributed by atoms with Gasteiger partial charge in [-0.2, -0.15) is 4.31 Å². The molecule has 31 heavy (non-hydrogen) atoms. The molecule has 1 amide bonds.